The first-order chi connectivity index (χ1) is 30.0. The van der Waals surface area contributed by atoms with Crippen molar-refractivity contribution in [3.05, 3.63) is 36.5 Å². The second-order valence-corrected chi connectivity index (χ2v) is 17.8. The number of carbonyl (C=O) groups is 3. The molecule has 0 heterocycles. The van der Waals surface area contributed by atoms with Crippen LogP contribution in [0.3, 0.4) is 0 Å². The average molecular weight is 857 g/mol. The van der Waals surface area contributed by atoms with Gasteiger partial charge in [-0.15, -0.1) is 0 Å². The fourth-order valence-electron chi connectivity index (χ4n) is 7.59. The highest BCUT2D eigenvalue weighted by molar-refractivity contribution is 5.71. The van der Waals surface area contributed by atoms with E-state index in [9.17, 15) is 14.4 Å². The van der Waals surface area contributed by atoms with E-state index in [0.717, 1.165) is 83.5 Å². The monoisotopic (exact) mass is 857 g/mol. The normalized spacial score (nSPS) is 12.2. The van der Waals surface area contributed by atoms with Crippen LogP contribution in [-0.4, -0.2) is 37.2 Å². The predicted molar refractivity (Wildman–Crippen MR) is 261 cm³/mol. The van der Waals surface area contributed by atoms with Crippen molar-refractivity contribution in [2.24, 2.45) is 0 Å². The van der Waals surface area contributed by atoms with Crippen LogP contribution in [-0.2, 0) is 28.6 Å². The first-order valence-electron chi connectivity index (χ1n) is 26.5. The van der Waals surface area contributed by atoms with Crippen LogP contribution in [0.4, 0.5) is 0 Å². The number of rotatable bonds is 48. The molecule has 0 saturated heterocycles. The molecule has 0 aromatic rings. The number of hydrogen-bond donors (Lipinski definition) is 0. The Balaban J connectivity index is 4.39. The molecule has 0 aromatic carbocycles. The van der Waals surface area contributed by atoms with E-state index in [0.29, 0.717) is 19.3 Å². The fourth-order valence-corrected chi connectivity index (χ4v) is 7.59. The third kappa shape index (κ3) is 48.5. The first-order valence-corrected chi connectivity index (χ1v) is 26.5. The Kier molecular flexibility index (Phi) is 48.3. The van der Waals surface area contributed by atoms with Gasteiger partial charge in [-0.25, -0.2) is 0 Å². The maximum atomic E-state index is 12.8. The van der Waals surface area contributed by atoms with Crippen LogP contribution in [0.2, 0.25) is 0 Å². The standard InChI is InChI=1S/C55H100O6/c1-4-7-10-13-16-19-22-25-28-31-33-36-39-42-45-48-54(57)60-51-52(61-55(58)49-46-43-40-37-34-30-27-24-21-18-15-12-9-6-3)50-59-53(56)47-44-41-38-35-32-29-26-23-20-17-14-11-8-5-2/h16,19,24-25,27-28,52H,4-15,17-18,20-23,26,29-51H2,1-3H3/b19-16-,27-24-,28-25-. The van der Waals surface area contributed by atoms with Crippen LogP contribution < -0.4 is 0 Å². The van der Waals surface area contributed by atoms with E-state index in [4.69, 9.17) is 14.2 Å². The van der Waals surface area contributed by atoms with Crippen molar-refractivity contribution in [3.8, 4) is 0 Å². The lowest BCUT2D eigenvalue weighted by molar-refractivity contribution is -0.167. The molecule has 1 atom stereocenters. The summed E-state index contributed by atoms with van der Waals surface area (Å²) in [5.74, 6) is -0.889. The molecule has 0 aliphatic rings. The molecule has 1 unspecified atom stereocenters. The Morgan fingerprint density at radius 3 is 0.951 bits per heavy atom. The zero-order valence-electron chi connectivity index (χ0n) is 40.7. The van der Waals surface area contributed by atoms with Gasteiger partial charge in [0.15, 0.2) is 6.10 Å². The summed E-state index contributed by atoms with van der Waals surface area (Å²) in [7, 11) is 0. The third-order valence-corrected chi connectivity index (χ3v) is 11.6. The van der Waals surface area contributed by atoms with Gasteiger partial charge in [0.05, 0.1) is 0 Å². The van der Waals surface area contributed by atoms with Gasteiger partial charge in [0.2, 0.25) is 0 Å². The summed E-state index contributed by atoms with van der Waals surface area (Å²) in [5.41, 5.74) is 0. The smallest absolute Gasteiger partial charge is 0.306 e. The van der Waals surface area contributed by atoms with Gasteiger partial charge < -0.3 is 14.2 Å². The molecule has 0 saturated carbocycles. The Hall–Kier alpha value is -2.37. The van der Waals surface area contributed by atoms with Gasteiger partial charge in [-0.2, -0.15) is 0 Å². The van der Waals surface area contributed by atoms with E-state index in [1.165, 1.54) is 154 Å². The molecule has 0 aromatic heterocycles. The number of allylic oxidation sites excluding steroid dienone is 6. The summed E-state index contributed by atoms with van der Waals surface area (Å²) >= 11 is 0. The first kappa shape index (κ1) is 58.6. The molecule has 0 rings (SSSR count). The minimum Gasteiger partial charge on any atom is -0.462 e. The van der Waals surface area contributed by atoms with Gasteiger partial charge in [0.1, 0.15) is 13.2 Å². The lowest BCUT2D eigenvalue weighted by Crippen LogP contribution is -2.30. The van der Waals surface area contributed by atoms with Crippen LogP contribution in [0.5, 0.6) is 0 Å². The minimum absolute atomic E-state index is 0.0770. The highest BCUT2D eigenvalue weighted by atomic mass is 16.6. The van der Waals surface area contributed by atoms with Crippen molar-refractivity contribution in [2.45, 2.75) is 284 Å². The quantitative estimate of drug-likeness (QED) is 0.0262. The van der Waals surface area contributed by atoms with Crippen LogP contribution in [0.1, 0.15) is 278 Å². The molecular weight excluding hydrogens is 757 g/mol. The number of esters is 3. The van der Waals surface area contributed by atoms with Gasteiger partial charge in [0.25, 0.3) is 0 Å². The molecule has 0 amide bonds. The van der Waals surface area contributed by atoms with Gasteiger partial charge in [0, 0.05) is 19.3 Å². The van der Waals surface area contributed by atoms with E-state index < -0.39 is 6.10 Å². The van der Waals surface area contributed by atoms with E-state index in [1.807, 2.05) is 0 Å². The van der Waals surface area contributed by atoms with Gasteiger partial charge >= 0.3 is 17.9 Å². The second kappa shape index (κ2) is 50.3. The van der Waals surface area contributed by atoms with Crippen molar-refractivity contribution in [3.63, 3.8) is 0 Å². The molecule has 6 nitrogen and oxygen atoms in total. The Labute approximate surface area is 378 Å². The number of hydrogen-bond acceptors (Lipinski definition) is 6. The summed E-state index contributed by atoms with van der Waals surface area (Å²) in [6, 6.07) is 0. The molecule has 0 spiro atoms. The number of unbranched alkanes of at least 4 members (excludes halogenated alkanes) is 31. The molecule has 0 bridgehead atoms. The topological polar surface area (TPSA) is 78.9 Å². The van der Waals surface area contributed by atoms with Crippen molar-refractivity contribution < 1.29 is 28.6 Å². The van der Waals surface area contributed by atoms with E-state index >= 15 is 0 Å². The zero-order chi connectivity index (χ0) is 44.4. The fraction of sp³-hybridized carbons (Fsp3) is 0.836. The molecule has 0 N–H and O–H groups in total. The van der Waals surface area contributed by atoms with Gasteiger partial charge in [-0.3, -0.25) is 14.4 Å². The van der Waals surface area contributed by atoms with Crippen molar-refractivity contribution in [1.29, 1.82) is 0 Å². The maximum Gasteiger partial charge on any atom is 0.306 e. The molecule has 61 heavy (non-hydrogen) atoms. The second-order valence-electron chi connectivity index (χ2n) is 17.8. The van der Waals surface area contributed by atoms with E-state index in [1.54, 1.807) is 0 Å². The van der Waals surface area contributed by atoms with Gasteiger partial charge in [-0.1, -0.05) is 218 Å². The van der Waals surface area contributed by atoms with Crippen LogP contribution in [0.25, 0.3) is 0 Å². The number of ether oxygens (including phenoxy) is 3. The zero-order valence-corrected chi connectivity index (χ0v) is 40.7. The summed E-state index contributed by atoms with van der Waals surface area (Å²) in [6.07, 6.45) is 58.3. The molecule has 0 aliphatic heterocycles. The summed E-state index contributed by atoms with van der Waals surface area (Å²) in [6.45, 7) is 6.61. The Morgan fingerprint density at radius 1 is 0.328 bits per heavy atom. The summed E-state index contributed by atoms with van der Waals surface area (Å²) in [5, 5.41) is 0. The van der Waals surface area contributed by atoms with Crippen molar-refractivity contribution >= 4 is 17.9 Å². The Morgan fingerprint density at radius 2 is 0.590 bits per heavy atom. The Bertz CT molecular complexity index is 1030. The molecule has 356 valence electrons. The highest BCUT2D eigenvalue weighted by Crippen LogP contribution is 2.15. The predicted octanol–water partition coefficient (Wildman–Crippen LogP) is 17.3. The number of carbonyl (C=O) groups excluding carboxylic acids is 3. The summed E-state index contributed by atoms with van der Waals surface area (Å²) in [4.78, 5) is 38.0. The highest BCUT2D eigenvalue weighted by Gasteiger charge is 2.19. The lowest BCUT2D eigenvalue weighted by Gasteiger charge is -2.18. The lowest BCUT2D eigenvalue weighted by atomic mass is 10.0. The average Bonchev–Trinajstić information content (AvgIpc) is 3.26. The molecule has 0 aliphatic carbocycles. The van der Waals surface area contributed by atoms with Gasteiger partial charge in [-0.05, 0) is 77.0 Å². The molecule has 0 fully saturated rings. The van der Waals surface area contributed by atoms with Crippen molar-refractivity contribution in [2.75, 3.05) is 13.2 Å². The summed E-state index contributed by atoms with van der Waals surface area (Å²) < 4.78 is 16.8. The largest absolute Gasteiger partial charge is 0.462 e. The molecule has 0 radical (unpaired) electrons. The van der Waals surface area contributed by atoms with E-state index in [-0.39, 0.29) is 31.1 Å². The minimum atomic E-state index is -0.778. The van der Waals surface area contributed by atoms with Crippen molar-refractivity contribution in [1.82, 2.24) is 0 Å². The molecule has 6 heteroatoms. The van der Waals surface area contributed by atoms with Crippen LogP contribution >= 0.6 is 0 Å². The van der Waals surface area contributed by atoms with Crippen LogP contribution in [0.15, 0.2) is 36.5 Å². The molecular formula is C55H100O6. The van der Waals surface area contributed by atoms with Crippen LogP contribution in [0, 0.1) is 0 Å². The maximum absolute atomic E-state index is 12.8. The van der Waals surface area contributed by atoms with E-state index in [2.05, 4.69) is 57.2 Å². The SMILES string of the molecule is CCCCC/C=C\C/C=C\CCCCCCCC(=O)OCC(COC(=O)CCCCCCCCCCCCCCCC)OC(=O)CCCCCCC/C=C\CCCCCCC. The third-order valence-electron chi connectivity index (χ3n) is 11.6.